The zero-order chi connectivity index (χ0) is 26.9. The van der Waals surface area contributed by atoms with E-state index in [4.69, 9.17) is 4.28 Å². The quantitative estimate of drug-likeness (QED) is 0.105. The number of hydrazine groups is 1. The smallest absolute Gasteiger partial charge is 0.182 e. The Balaban J connectivity index is 0.00000507. The Hall–Kier alpha value is -2.58. The third-order valence-electron chi connectivity index (χ3n) is 5.51. The zero-order valence-corrected chi connectivity index (χ0v) is 23.0. The van der Waals surface area contributed by atoms with Crippen LogP contribution in [0.5, 0.6) is 0 Å². The molecule has 13 heteroatoms. The SMILES string of the molecule is CCCNN(C)SONC1=NCCC(CC2=CC(C=O)=CC(Nc3ccc(C)cc3F)C(F)=C2F)=C1F.S. The van der Waals surface area contributed by atoms with E-state index in [2.05, 4.69) is 21.2 Å². The first-order chi connectivity index (χ1) is 17.7. The number of carbonyl (C=O) groups is 1. The van der Waals surface area contributed by atoms with Crippen LogP contribution in [0.4, 0.5) is 23.2 Å². The minimum Gasteiger partial charge on any atom is -0.370 e. The molecule has 0 amide bonds. The summed E-state index contributed by atoms with van der Waals surface area (Å²) in [7, 11) is 1.72. The number of halogens is 4. The van der Waals surface area contributed by atoms with Gasteiger partial charge in [-0.15, -0.1) is 0 Å². The second-order valence-electron chi connectivity index (χ2n) is 8.46. The minimum absolute atomic E-state index is 0. The fraction of sp³-hybridized carbons (Fsp3) is 0.360. The summed E-state index contributed by atoms with van der Waals surface area (Å²) in [5, 5.41) is 2.59. The molecule has 0 spiro atoms. The Morgan fingerprint density at radius 1 is 1.24 bits per heavy atom. The molecule has 1 aliphatic heterocycles. The van der Waals surface area contributed by atoms with E-state index in [1.54, 1.807) is 24.5 Å². The molecule has 38 heavy (non-hydrogen) atoms. The molecule has 0 aromatic heterocycles. The molecule has 0 bridgehead atoms. The highest BCUT2D eigenvalue weighted by atomic mass is 32.2. The molecule has 0 saturated heterocycles. The van der Waals surface area contributed by atoms with Crippen molar-refractivity contribution in [3.63, 3.8) is 0 Å². The van der Waals surface area contributed by atoms with Gasteiger partial charge in [-0.3, -0.25) is 9.79 Å². The number of aldehydes is 1. The Labute approximate surface area is 230 Å². The number of nitrogens with zero attached hydrogens (tertiary/aromatic N) is 2. The molecule has 3 rings (SSSR count). The topological polar surface area (TPSA) is 78.0 Å². The van der Waals surface area contributed by atoms with Gasteiger partial charge in [0.25, 0.3) is 0 Å². The maximum atomic E-state index is 15.2. The van der Waals surface area contributed by atoms with E-state index in [1.165, 1.54) is 12.1 Å². The lowest BCUT2D eigenvalue weighted by Crippen LogP contribution is -2.32. The van der Waals surface area contributed by atoms with Gasteiger partial charge in [-0.25, -0.2) is 28.5 Å². The predicted octanol–water partition coefficient (Wildman–Crippen LogP) is 5.59. The molecule has 1 heterocycles. The van der Waals surface area contributed by atoms with Crippen LogP contribution >= 0.6 is 25.7 Å². The first-order valence-corrected chi connectivity index (χ1v) is 12.4. The van der Waals surface area contributed by atoms with Gasteiger partial charge in [-0.1, -0.05) is 13.0 Å². The second-order valence-corrected chi connectivity index (χ2v) is 9.32. The van der Waals surface area contributed by atoms with Crippen LogP contribution in [-0.2, 0) is 9.08 Å². The van der Waals surface area contributed by atoms with Crippen LogP contribution in [0.2, 0.25) is 0 Å². The largest absolute Gasteiger partial charge is 0.370 e. The molecule has 1 unspecified atom stereocenters. The van der Waals surface area contributed by atoms with Crippen LogP contribution in [0, 0.1) is 12.7 Å². The van der Waals surface area contributed by atoms with Gasteiger partial charge in [0.2, 0.25) is 0 Å². The molecule has 0 saturated carbocycles. The molecule has 7 nitrogen and oxygen atoms in total. The number of benzene rings is 1. The number of rotatable bonds is 11. The Kier molecular flexibility index (Phi) is 12.6. The van der Waals surface area contributed by atoms with Gasteiger partial charge in [0, 0.05) is 25.7 Å². The van der Waals surface area contributed by atoms with Gasteiger partial charge < -0.3 is 5.32 Å². The number of nitrogens with one attached hydrogen (secondary N) is 3. The number of aliphatic imine (C=N–C) groups is 1. The molecule has 3 N–H and O–H groups in total. The normalized spacial score (nSPS) is 17.9. The molecule has 2 aliphatic rings. The number of allylic oxidation sites excluding steroid dienone is 4. The highest BCUT2D eigenvalue weighted by Gasteiger charge is 2.27. The number of carbonyl (C=O) groups excluding carboxylic acids is 1. The molecule has 1 aromatic rings. The lowest BCUT2D eigenvalue weighted by atomic mass is 9.97. The standard InChI is InChI=1S/C25H29F4N5O2S.H2S/c1-4-8-31-34(3)37-36-33-25-23(28)17(7-9-30-25)13-18-11-16(14-35)12-21(24(29)22(18)27)32-20-6-5-15(2)10-19(20)26;/h5-6,10-12,14,21,31-32H,4,7-9,13H2,1-3H3,(H,30,33);1H2. The van der Waals surface area contributed by atoms with Crippen LogP contribution in [-0.4, -0.2) is 42.7 Å². The average molecular weight is 574 g/mol. The second kappa shape index (κ2) is 15.1. The van der Waals surface area contributed by atoms with Gasteiger partial charge in [-0.2, -0.15) is 22.2 Å². The van der Waals surface area contributed by atoms with E-state index in [0.717, 1.165) is 37.3 Å². The molecule has 208 valence electrons. The highest BCUT2D eigenvalue weighted by molar-refractivity contribution is 7.92. The van der Waals surface area contributed by atoms with Crippen molar-refractivity contribution in [1.82, 2.24) is 15.3 Å². The lowest BCUT2D eigenvalue weighted by molar-refractivity contribution is -0.104. The van der Waals surface area contributed by atoms with E-state index in [1.807, 2.05) is 6.92 Å². The van der Waals surface area contributed by atoms with Crippen LogP contribution in [0.1, 0.15) is 31.7 Å². The molecule has 0 radical (unpaired) electrons. The van der Waals surface area contributed by atoms with Crippen molar-refractivity contribution in [2.45, 2.75) is 39.2 Å². The van der Waals surface area contributed by atoms with E-state index >= 15 is 13.2 Å². The zero-order valence-electron chi connectivity index (χ0n) is 21.2. The van der Waals surface area contributed by atoms with Crippen molar-refractivity contribution in [2.75, 3.05) is 25.5 Å². The van der Waals surface area contributed by atoms with Gasteiger partial charge in [-0.05, 0) is 67.2 Å². The molecular formula is C25H31F4N5O2S2. The summed E-state index contributed by atoms with van der Waals surface area (Å²) in [6.45, 7) is 4.63. The van der Waals surface area contributed by atoms with Gasteiger partial charge >= 0.3 is 0 Å². The fourth-order valence-electron chi connectivity index (χ4n) is 3.61. The third-order valence-corrected chi connectivity index (χ3v) is 6.02. The van der Waals surface area contributed by atoms with Crippen molar-refractivity contribution in [2.24, 2.45) is 4.99 Å². The number of hydrogen-bond acceptors (Lipinski definition) is 8. The first-order valence-electron chi connectivity index (χ1n) is 11.7. The summed E-state index contributed by atoms with van der Waals surface area (Å²) in [5.74, 6) is -4.05. The predicted molar refractivity (Wildman–Crippen MR) is 148 cm³/mol. The Morgan fingerprint density at radius 3 is 2.68 bits per heavy atom. The molecule has 1 atom stereocenters. The number of hydrogen-bond donors (Lipinski definition) is 3. The van der Waals surface area contributed by atoms with Gasteiger partial charge in [0.05, 0.1) is 5.69 Å². The Bertz CT molecular complexity index is 1170. The third kappa shape index (κ3) is 8.46. The van der Waals surface area contributed by atoms with Crippen molar-refractivity contribution in [3.05, 3.63) is 75.9 Å². The van der Waals surface area contributed by atoms with E-state index in [9.17, 15) is 9.18 Å². The summed E-state index contributed by atoms with van der Waals surface area (Å²) < 4.78 is 66.6. The Morgan fingerprint density at radius 2 is 2.00 bits per heavy atom. The minimum atomic E-state index is -1.43. The summed E-state index contributed by atoms with van der Waals surface area (Å²) >= 11 is 0.891. The van der Waals surface area contributed by atoms with E-state index < -0.39 is 29.3 Å². The maximum absolute atomic E-state index is 15.2. The highest BCUT2D eigenvalue weighted by Crippen LogP contribution is 2.34. The first kappa shape index (κ1) is 31.6. The van der Waals surface area contributed by atoms with Gasteiger partial charge in [0.1, 0.15) is 30.4 Å². The molecule has 1 aromatic carbocycles. The van der Waals surface area contributed by atoms with Crippen LogP contribution in [0.25, 0.3) is 0 Å². The summed E-state index contributed by atoms with van der Waals surface area (Å²) in [4.78, 5) is 15.7. The number of dihydropyridines is 1. The average Bonchev–Trinajstić information content (AvgIpc) is 2.98. The number of aryl methyl sites for hydroxylation is 1. The number of amidine groups is 1. The summed E-state index contributed by atoms with van der Waals surface area (Å²) in [6, 6.07) is 2.83. The van der Waals surface area contributed by atoms with E-state index in [0.29, 0.717) is 11.8 Å². The van der Waals surface area contributed by atoms with Gasteiger partial charge in [0.15, 0.2) is 23.3 Å². The fourth-order valence-corrected chi connectivity index (χ4v) is 3.98. The van der Waals surface area contributed by atoms with Crippen molar-refractivity contribution < 1.29 is 26.6 Å². The van der Waals surface area contributed by atoms with E-state index in [-0.39, 0.29) is 61.1 Å². The maximum Gasteiger partial charge on any atom is 0.182 e. The molecule has 0 fully saturated rings. The molecular weight excluding hydrogens is 542 g/mol. The summed E-state index contributed by atoms with van der Waals surface area (Å²) in [6.07, 6.45) is 3.53. The molecule has 1 aliphatic carbocycles. The summed E-state index contributed by atoms with van der Waals surface area (Å²) in [5.41, 5.74) is 5.98. The van der Waals surface area contributed by atoms with Crippen LogP contribution in [0.15, 0.2) is 69.5 Å². The van der Waals surface area contributed by atoms with Crippen LogP contribution < -0.4 is 16.2 Å². The number of anilines is 1. The monoisotopic (exact) mass is 573 g/mol. The van der Waals surface area contributed by atoms with Crippen molar-refractivity contribution >= 4 is 43.5 Å². The lowest BCUT2D eigenvalue weighted by Gasteiger charge is -2.19. The van der Waals surface area contributed by atoms with Crippen molar-refractivity contribution in [3.8, 4) is 0 Å². The number of hydroxylamine groups is 1. The van der Waals surface area contributed by atoms with Crippen molar-refractivity contribution in [1.29, 1.82) is 0 Å². The van der Waals surface area contributed by atoms with Crippen LogP contribution in [0.3, 0.4) is 0 Å².